The largest absolute Gasteiger partial charge is 0.394 e. The number of rotatable bonds is 5. The molecule has 1 fully saturated rings. The minimum atomic E-state index is -0.238. The van der Waals surface area contributed by atoms with Crippen molar-refractivity contribution in [2.24, 2.45) is 5.41 Å². The fourth-order valence-corrected chi connectivity index (χ4v) is 2.48. The average molecular weight is 254 g/mol. The van der Waals surface area contributed by atoms with Crippen molar-refractivity contribution in [3.8, 4) is 6.07 Å². The van der Waals surface area contributed by atoms with Gasteiger partial charge < -0.3 is 9.84 Å². The molecule has 1 N–H and O–H groups in total. The number of aliphatic hydroxyl groups is 1. The lowest BCUT2D eigenvalue weighted by Crippen LogP contribution is -2.53. The number of nitriles is 1. The zero-order valence-corrected chi connectivity index (χ0v) is 12.1. The highest BCUT2D eigenvalue weighted by Crippen LogP contribution is 2.24. The van der Waals surface area contributed by atoms with Gasteiger partial charge in [-0.3, -0.25) is 4.90 Å². The molecule has 0 aromatic heterocycles. The summed E-state index contributed by atoms with van der Waals surface area (Å²) >= 11 is 0. The van der Waals surface area contributed by atoms with Crippen LogP contribution in [0.5, 0.6) is 0 Å². The Kier molecular flexibility index (Phi) is 5.15. The molecule has 0 radical (unpaired) electrons. The van der Waals surface area contributed by atoms with Crippen LogP contribution < -0.4 is 0 Å². The van der Waals surface area contributed by atoms with Crippen LogP contribution in [0.3, 0.4) is 0 Å². The molecule has 1 aliphatic heterocycles. The lowest BCUT2D eigenvalue weighted by Gasteiger charge is -2.42. The predicted molar refractivity (Wildman–Crippen MR) is 71.1 cm³/mol. The van der Waals surface area contributed by atoms with Crippen molar-refractivity contribution in [1.82, 2.24) is 4.90 Å². The third-order valence-electron chi connectivity index (χ3n) is 3.33. The molecule has 0 spiro atoms. The summed E-state index contributed by atoms with van der Waals surface area (Å²) in [6, 6.07) is 2.33. The van der Waals surface area contributed by atoms with E-state index in [9.17, 15) is 5.11 Å². The zero-order valence-electron chi connectivity index (χ0n) is 12.1. The van der Waals surface area contributed by atoms with Gasteiger partial charge in [0.2, 0.25) is 0 Å². The Bertz CT molecular complexity index is 307. The van der Waals surface area contributed by atoms with E-state index in [1.807, 2.05) is 13.8 Å². The fraction of sp³-hybridized carbons (Fsp3) is 0.929. The number of nitrogens with zero attached hydrogens (tertiary/aromatic N) is 2. The van der Waals surface area contributed by atoms with Gasteiger partial charge in [0.15, 0.2) is 0 Å². The van der Waals surface area contributed by atoms with Crippen LogP contribution in [0.4, 0.5) is 0 Å². The zero-order chi connectivity index (χ0) is 13.8. The van der Waals surface area contributed by atoms with Gasteiger partial charge in [-0.2, -0.15) is 5.26 Å². The number of morpholine rings is 1. The quantitative estimate of drug-likeness (QED) is 0.812. The summed E-state index contributed by atoms with van der Waals surface area (Å²) in [5, 5.41) is 18.2. The number of ether oxygens (including phenoxy) is 1. The molecular weight excluding hydrogens is 228 g/mol. The van der Waals surface area contributed by atoms with E-state index in [1.165, 1.54) is 0 Å². The molecule has 0 bridgehead atoms. The minimum absolute atomic E-state index is 0.0730. The monoisotopic (exact) mass is 254 g/mol. The van der Waals surface area contributed by atoms with Crippen LogP contribution in [0.2, 0.25) is 0 Å². The molecule has 1 saturated heterocycles. The number of hydrogen-bond acceptors (Lipinski definition) is 4. The summed E-state index contributed by atoms with van der Waals surface area (Å²) in [6.45, 7) is 10.8. The van der Waals surface area contributed by atoms with Crippen molar-refractivity contribution in [3.63, 3.8) is 0 Å². The third-order valence-corrected chi connectivity index (χ3v) is 3.33. The van der Waals surface area contributed by atoms with Crippen LogP contribution in [-0.4, -0.2) is 48.0 Å². The molecule has 1 atom stereocenters. The Morgan fingerprint density at radius 2 is 2.17 bits per heavy atom. The Morgan fingerprint density at radius 3 is 2.72 bits per heavy atom. The molecule has 1 heterocycles. The lowest BCUT2D eigenvalue weighted by atomic mass is 9.89. The van der Waals surface area contributed by atoms with Crippen molar-refractivity contribution in [1.29, 1.82) is 5.26 Å². The van der Waals surface area contributed by atoms with Gasteiger partial charge in [-0.15, -0.1) is 0 Å². The van der Waals surface area contributed by atoms with Gasteiger partial charge in [0.05, 0.1) is 29.8 Å². The maximum Gasteiger partial charge on any atom is 0.0940 e. The van der Waals surface area contributed by atoms with Crippen LogP contribution in [0.1, 0.15) is 40.5 Å². The molecule has 1 rings (SSSR count). The number of hydrogen-bond donors (Lipinski definition) is 1. The summed E-state index contributed by atoms with van der Waals surface area (Å²) < 4.78 is 5.78. The molecule has 1 aliphatic rings. The van der Waals surface area contributed by atoms with E-state index < -0.39 is 0 Å². The molecule has 4 heteroatoms. The van der Waals surface area contributed by atoms with Crippen molar-refractivity contribution in [2.75, 3.05) is 26.2 Å². The summed E-state index contributed by atoms with van der Waals surface area (Å²) in [4.78, 5) is 2.33. The van der Waals surface area contributed by atoms with Gasteiger partial charge in [-0.25, -0.2) is 0 Å². The molecule has 18 heavy (non-hydrogen) atoms. The Hall–Kier alpha value is -0.630. The molecule has 104 valence electrons. The Labute approximate surface area is 111 Å². The SMILES string of the molecule is CC(C)(C#N)CCCN1CC(CO)OC(C)(C)C1. The van der Waals surface area contributed by atoms with E-state index in [2.05, 4.69) is 24.8 Å². The van der Waals surface area contributed by atoms with Crippen LogP contribution in [-0.2, 0) is 4.74 Å². The van der Waals surface area contributed by atoms with Gasteiger partial charge in [-0.05, 0) is 47.1 Å². The van der Waals surface area contributed by atoms with Crippen LogP contribution >= 0.6 is 0 Å². The van der Waals surface area contributed by atoms with Gasteiger partial charge in [-0.1, -0.05) is 0 Å². The summed E-state index contributed by atoms with van der Waals surface area (Å²) in [6.07, 6.45) is 1.83. The van der Waals surface area contributed by atoms with E-state index in [4.69, 9.17) is 10.00 Å². The molecule has 0 aliphatic carbocycles. The summed E-state index contributed by atoms with van der Waals surface area (Å²) in [5.41, 5.74) is -0.436. The standard InChI is InChI=1S/C14H26N2O2/c1-13(2,10-15)6-5-7-16-8-12(9-17)18-14(3,4)11-16/h12,17H,5-9,11H2,1-4H3. The normalized spacial score (nSPS) is 24.8. The maximum absolute atomic E-state index is 9.24. The van der Waals surface area contributed by atoms with E-state index in [0.29, 0.717) is 0 Å². The second-order valence-electron chi connectivity index (χ2n) is 6.52. The van der Waals surface area contributed by atoms with Crippen molar-refractivity contribution in [2.45, 2.75) is 52.2 Å². The molecule has 0 aromatic carbocycles. The summed E-state index contributed by atoms with van der Waals surface area (Å²) in [5.74, 6) is 0. The van der Waals surface area contributed by atoms with Crippen molar-refractivity contribution in [3.05, 3.63) is 0 Å². The minimum Gasteiger partial charge on any atom is -0.394 e. The van der Waals surface area contributed by atoms with Crippen LogP contribution in [0.25, 0.3) is 0 Å². The van der Waals surface area contributed by atoms with Gasteiger partial charge in [0, 0.05) is 13.1 Å². The van der Waals surface area contributed by atoms with E-state index in [0.717, 1.165) is 32.5 Å². The smallest absolute Gasteiger partial charge is 0.0940 e. The lowest BCUT2D eigenvalue weighted by molar-refractivity contribution is -0.149. The van der Waals surface area contributed by atoms with E-state index in [-0.39, 0.29) is 23.7 Å². The average Bonchev–Trinajstić information content (AvgIpc) is 2.26. The topological polar surface area (TPSA) is 56.5 Å². The molecule has 4 nitrogen and oxygen atoms in total. The molecular formula is C14H26N2O2. The first-order valence-electron chi connectivity index (χ1n) is 6.70. The predicted octanol–water partition coefficient (Wildman–Crippen LogP) is 1.79. The molecule has 0 aromatic rings. The van der Waals surface area contributed by atoms with Crippen LogP contribution in [0, 0.1) is 16.7 Å². The van der Waals surface area contributed by atoms with Gasteiger partial charge >= 0.3 is 0 Å². The Morgan fingerprint density at radius 1 is 1.50 bits per heavy atom. The second kappa shape index (κ2) is 6.01. The van der Waals surface area contributed by atoms with Crippen molar-refractivity contribution < 1.29 is 9.84 Å². The van der Waals surface area contributed by atoms with Gasteiger partial charge in [0.25, 0.3) is 0 Å². The highest BCUT2D eigenvalue weighted by atomic mass is 16.5. The van der Waals surface area contributed by atoms with E-state index >= 15 is 0 Å². The molecule has 0 amide bonds. The second-order valence-corrected chi connectivity index (χ2v) is 6.52. The van der Waals surface area contributed by atoms with Gasteiger partial charge in [0.1, 0.15) is 0 Å². The maximum atomic E-state index is 9.24. The number of aliphatic hydroxyl groups excluding tert-OH is 1. The van der Waals surface area contributed by atoms with Crippen LogP contribution in [0.15, 0.2) is 0 Å². The molecule has 0 saturated carbocycles. The first kappa shape index (κ1) is 15.4. The first-order valence-corrected chi connectivity index (χ1v) is 6.70. The highest BCUT2D eigenvalue weighted by molar-refractivity contribution is 4.92. The first-order chi connectivity index (χ1) is 8.28. The molecule has 1 unspecified atom stereocenters. The third kappa shape index (κ3) is 4.93. The van der Waals surface area contributed by atoms with Crippen molar-refractivity contribution >= 4 is 0 Å². The highest BCUT2D eigenvalue weighted by Gasteiger charge is 2.32. The Balaban J connectivity index is 2.40. The summed E-state index contributed by atoms with van der Waals surface area (Å²) in [7, 11) is 0. The van der Waals surface area contributed by atoms with E-state index in [1.54, 1.807) is 0 Å². The fourth-order valence-electron chi connectivity index (χ4n) is 2.48.